The first kappa shape index (κ1) is 13.7. The number of carbonyl (C=O) groups excluding carboxylic acids is 1. The molecule has 1 saturated carbocycles. The lowest BCUT2D eigenvalue weighted by Crippen LogP contribution is -2.39. The van der Waals surface area contributed by atoms with Gasteiger partial charge >= 0.3 is 6.03 Å². The van der Waals surface area contributed by atoms with Crippen LogP contribution in [0.3, 0.4) is 0 Å². The highest BCUT2D eigenvalue weighted by Gasteiger charge is 2.17. The van der Waals surface area contributed by atoms with Gasteiger partial charge in [0.2, 0.25) is 0 Å². The molecule has 1 aromatic carbocycles. The van der Waals surface area contributed by atoms with E-state index in [0.717, 1.165) is 44.2 Å². The van der Waals surface area contributed by atoms with E-state index in [2.05, 4.69) is 10.6 Å². The van der Waals surface area contributed by atoms with Crippen molar-refractivity contribution >= 4 is 11.7 Å². The molecule has 1 aromatic rings. The number of hydrogen-bond donors (Lipinski definition) is 2. The SMILES string of the molecule is O=C(Nc1cc(F)c(F)c(F)c1)NC1CCCCC1. The topological polar surface area (TPSA) is 41.1 Å². The second-order valence-corrected chi connectivity index (χ2v) is 4.69. The summed E-state index contributed by atoms with van der Waals surface area (Å²) in [6.07, 6.45) is 5.09. The Labute approximate surface area is 109 Å². The number of benzene rings is 1. The molecule has 1 aliphatic rings. The van der Waals surface area contributed by atoms with E-state index < -0.39 is 23.5 Å². The molecule has 2 rings (SSSR count). The summed E-state index contributed by atoms with van der Waals surface area (Å²) in [5.74, 6) is -4.20. The van der Waals surface area contributed by atoms with Crippen molar-refractivity contribution in [2.75, 3.05) is 5.32 Å². The van der Waals surface area contributed by atoms with Crippen molar-refractivity contribution in [3.63, 3.8) is 0 Å². The van der Waals surface area contributed by atoms with Crippen molar-refractivity contribution in [1.82, 2.24) is 5.32 Å². The molecule has 0 saturated heterocycles. The average Bonchev–Trinajstić information content (AvgIpc) is 2.37. The number of urea groups is 1. The monoisotopic (exact) mass is 272 g/mol. The zero-order valence-electron chi connectivity index (χ0n) is 10.3. The second-order valence-electron chi connectivity index (χ2n) is 4.69. The van der Waals surface area contributed by atoms with Crippen LogP contribution >= 0.6 is 0 Å². The smallest absolute Gasteiger partial charge is 0.319 e. The third-order valence-electron chi connectivity index (χ3n) is 3.18. The number of carbonyl (C=O) groups is 1. The summed E-state index contributed by atoms with van der Waals surface area (Å²) in [5, 5.41) is 5.03. The first-order valence-electron chi connectivity index (χ1n) is 6.28. The van der Waals surface area contributed by atoms with Gasteiger partial charge in [-0.1, -0.05) is 19.3 Å². The van der Waals surface area contributed by atoms with Crippen molar-refractivity contribution in [3.8, 4) is 0 Å². The molecule has 2 N–H and O–H groups in total. The van der Waals surface area contributed by atoms with Gasteiger partial charge in [0.25, 0.3) is 0 Å². The molecule has 6 heteroatoms. The number of rotatable bonds is 2. The van der Waals surface area contributed by atoms with E-state index in [1.807, 2.05) is 0 Å². The van der Waals surface area contributed by atoms with Crippen LogP contribution in [0.15, 0.2) is 12.1 Å². The lowest BCUT2D eigenvalue weighted by atomic mass is 9.96. The maximum atomic E-state index is 13.0. The van der Waals surface area contributed by atoms with Gasteiger partial charge in [-0.3, -0.25) is 0 Å². The van der Waals surface area contributed by atoms with Crippen LogP contribution in [0.4, 0.5) is 23.7 Å². The molecule has 0 heterocycles. The van der Waals surface area contributed by atoms with Gasteiger partial charge in [0.1, 0.15) is 0 Å². The maximum absolute atomic E-state index is 13.0. The Kier molecular flexibility index (Phi) is 4.29. The molecular formula is C13H15F3N2O. The lowest BCUT2D eigenvalue weighted by Gasteiger charge is -2.22. The number of halogens is 3. The summed E-state index contributed by atoms with van der Waals surface area (Å²) >= 11 is 0. The molecule has 104 valence electrons. The van der Waals surface area contributed by atoms with Crippen LogP contribution in [0.2, 0.25) is 0 Å². The van der Waals surface area contributed by atoms with Crippen LogP contribution in [-0.2, 0) is 0 Å². The second kappa shape index (κ2) is 5.95. The summed E-state index contributed by atoms with van der Waals surface area (Å²) in [5.41, 5.74) is -0.107. The predicted molar refractivity (Wildman–Crippen MR) is 65.3 cm³/mol. The van der Waals surface area contributed by atoms with Gasteiger partial charge in [-0.25, -0.2) is 18.0 Å². The Morgan fingerprint density at radius 1 is 1.05 bits per heavy atom. The minimum atomic E-state index is -1.54. The average molecular weight is 272 g/mol. The molecule has 0 unspecified atom stereocenters. The standard InChI is InChI=1S/C13H15F3N2O/c14-10-6-9(7-11(15)12(10)16)18-13(19)17-8-4-2-1-3-5-8/h6-8H,1-5H2,(H2,17,18,19). The summed E-state index contributed by atoms with van der Waals surface area (Å²) < 4.78 is 38.7. The van der Waals surface area contributed by atoms with Gasteiger partial charge in [0.05, 0.1) is 0 Å². The van der Waals surface area contributed by atoms with Crippen LogP contribution in [0.25, 0.3) is 0 Å². The number of hydrogen-bond acceptors (Lipinski definition) is 1. The van der Waals surface area contributed by atoms with E-state index in [1.54, 1.807) is 0 Å². The number of anilines is 1. The van der Waals surface area contributed by atoms with Crippen molar-refractivity contribution in [2.24, 2.45) is 0 Å². The number of nitrogens with one attached hydrogen (secondary N) is 2. The molecule has 1 aliphatic carbocycles. The van der Waals surface area contributed by atoms with Crippen LogP contribution in [0, 0.1) is 17.5 Å². The zero-order valence-corrected chi connectivity index (χ0v) is 10.3. The van der Waals surface area contributed by atoms with Gasteiger partial charge in [-0.15, -0.1) is 0 Å². The van der Waals surface area contributed by atoms with E-state index in [4.69, 9.17) is 0 Å². The first-order valence-corrected chi connectivity index (χ1v) is 6.28. The van der Waals surface area contributed by atoms with Crippen molar-refractivity contribution in [1.29, 1.82) is 0 Å². The largest absolute Gasteiger partial charge is 0.335 e. The third kappa shape index (κ3) is 3.62. The highest BCUT2D eigenvalue weighted by Crippen LogP contribution is 2.19. The molecule has 0 aromatic heterocycles. The minimum Gasteiger partial charge on any atom is -0.335 e. The Hall–Kier alpha value is -1.72. The first-order chi connectivity index (χ1) is 9.06. The van der Waals surface area contributed by atoms with E-state index in [1.165, 1.54) is 0 Å². The Balaban J connectivity index is 1.94. The lowest BCUT2D eigenvalue weighted by molar-refractivity contribution is 0.244. The molecular weight excluding hydrogens is 257 g/mol. The molecule has 2 amide bonds. The van der Waals surface area contributed by atoms with Crippen LogP contribution in [0.1, 0.15) is 32.1 Å². The molecule has 19 heavy (non-hydrogen) atoms. The van der Waals surface area contributed by atoms with Crippen LogP contribution < -0.4 is 10.6 Å². The predicted octanol–water partition coefficient (Wildman–Crippen LogP) is 3.56. The van der Waals surface area contributed by atoms with Crippen LogP contribution in [0.5, 0.6) is 0 Å². The molecule has 0 spiro atoms. The van der Waals surface area contributed by atoms with Crippen molar-refractivity contribution in [2.45, 2.75) is 38.1 Å². The number of amides is 2. The van der Waals surface area contributed by atoms with Crippen LogP contribution in [-0.4, -0.2) is 12.1 Å². The summed E-state index contributed by atoms with van der Waals surface area (Å²) in [4.78, 5) is 11.6. The van der Waals surface area contributed by atoms with Gasteiger partial charge in [-0.2, -0.15) is 0 Å². The molecule has 1 fully saturated rings. The fourth-order valence-corrected chi connectivity index (χ4v) is 2.23. The minimum absolute atomic E-state index is 0.0869. The quantitative estimate of drug-likeness (QED) is 0.794. The van der Waals surface area contributed by atoms with E-state index in [0.29, 0.717) is 0 Å². The molecule has 0 radical (unpaired) electrons. The third-order valence-corrected chi connectivity index (χ3v) is 3.18. The molecule has 0 atom stereocenters. The summed E-state index contributed by atoms with van der Waals surface area (Å²) in [6.45, 7) is 0. The molecule has 0 aliphatic heterocycles. The molecule has 0 bridgehead atoms. The van der Waals surface area contributed by atoms with E-state index >= 15 is 0 Å². The van der Waals surface area contributed by atoms with Gasteiger partial charge in [-0.05, 0) is 12.8 Å². The Morgan fingerprint density at radius 2 is 1.63 bits per heavy atom. The van der Waals surface area contributed by atoms with E-state index in [9.17, 15) is 18.0 Å². The Morgan fingerprint density at radius 3 is 2.21 bits per heavy atom. The van der Waals surface area contributed by atoms with Crippen molar-refractivity contribution in [3.05, 3.63) is 29.6 Å². The fourth-order valence-electron chi connectivity index (χ4n) is 2.23. The normalized spacial score (nSPS) is 16.2. The molecule has 3 nitrogen and oxygen atoms in total. The van der Waals surface area contributed by atoms with E-state index in [-0.39, 0.29) is 11.7 Å². The summed E-state index contributed by atoms with van der Waals surface area (Å²) in [7, 11) is 0. The summed E-state index contributed by atoms with van der Waals surface area (Å²) in [6, 6.07) is 1.05. The van der Waals surface area contributed by atoms with Gasteiger partial charge in [0, 0.05) is 23.9 Å². The van der Waals surface area contributed by atoms with Crippen molar-refractivity contribution < 1.29 is 18.0 Å². The van der Waals surface area contributed by atoms with Gasteiger partial charge in [0.15, 0.2) is 17.5 Å². The Bertz CT molecular complexity index is 450. The fraction of sp³-hybridized carbons (Fsp3) is 0.462. The highest BCUT2D eigenvalue weighted by atomic mass is 19.2. The van der Waals surface area contributed by atoms with Gasteiger partial charge < -0.3 is 10.6 Å². The zero-order chi connectivity index (χ0) is 13.8. The maximum Gasteiger partial charge on any atom is 0.319 e. The highest BCUT2D eigenvalue weighted by molar-refractivity contribution is 5.89.